The molecule has 4 bridgehead atoms. The summed E-state index contributed by atoms with van der Waals surface area (Å²) in [4.78, 5) is 0. The minimum Gasteiger partial charge on any atom is -0.315 e. The van der Waals surface area contributed by atoms with Crippen LogP contribution in [-0.2, 0) is 0 Å². The Morgan fingerprint density at radius 2 is 1.65 bits per heavy atom. The van der Waals surface area contributed by atoms with E-state index in [1.54, 1.807) is 6.42 Å². The standard InChI is InChI=1S/C18H34N2/c1-14(2)11-19-4-5-20-13-18-9-15-6-16(10-18)8-17(3,7-15)12-18/h14-16,19-20H,4-13H2,1-3H3. The second-order valence-corrected chi connectivity index (χ2v) is 9.05. The second-order valence-electron chi connectivity index (χ2n) is 9.05. The maximum Gasteiger partial charge on any atom is 0.00769 e. The Balaban J connectivity index is 1.43. The van der Waals surface area contributed by atoms with E-state index in [-0.39, 0.29) is 0 Å². The van der Waals surface area contributed by atoms with Gasteiger partial charge in [-0.25, -0.2) is 0 Å². The van der Waals surface area contributed by atoms with E-state index in [1.807, 2.05) is 0 Å². The summed E-state index contributed by atoms with van der Waals surface area (Å²) in [5.41, 5.74) is 1.36. The number of rotatable bonds is 7. The zero-order valence-electron chi connectivity index (χ0n) is 13.8. The van der Waals surface area contributed by atoms with Gasteiger partial charge in [-0.2, -0.15) is 0 Å². The quantitative estimate of drug-likeness (QED) is 0.697. The summed E-state index contributed by atoms with van der Waals surface area (Å²) in [5.74, 6) is 2.88. The maximum absolute atomic E-state index is 3.77. The smallest absolute Gasteiger partial charge is 0.00769 e. The Labute approximate surface area is 125 Å². The van der Waals surface area contributed by atoms with Gasteiger partial charge in [-0.05, 0) is 73.7 Å². The average molecular weight is 278 g/mol. The molecule has 0 spiro atoms. The molecule has 0 aromatic heterocycles. The molecule has 0 heterocycles. The van der Waals surface area contributed by atoms with Crippen molar-refractivity contribution in [1.29, 1.82) is 0 Å². The Kier molecular flexibility index (Phi) is 4.16. The SMILES string of the molecule is CC(C)CNCCNCC12CC3CC(CC(C)(C3)C1)C2. The van der Waals surface area contributed by atoms with Gasteiger partial charge in [-0.1, -0.05) is 20.8 Å². The molecule has 0 saturated heterocycles. The van der Waals surface area contributed by atoms with Gasteiger partial charge in [0.2, 0.25) is 0 Å². The largest absolute Gasteiger partial charge is 0.315 e. The van der Waals surface area contributed by atoms with Crippen molar-refractivity contribution in [3.8, 4) is 0 Å². The molecule has 0 amide bonds. The third kappa shape index (κ3) is 3.22. The van der Waals surface area contributed by atoms with Crippen molar-refractivity contribution < 1.29 is 0 Å². The lowest BCUT2D eigenvalue weighted by atomic mass is 9.44. The van der Waals surface area contributed by atoms with E-state index in [0.717, 1.165) is 37.4 Å². The molecule has 4 saturated carbocycles. The third-order valence-corrected chi connectivity index (χ3v) is 6.01. The molecular formula is C18H34N2. The number of hydrogen-bond donors (Lipinski definition) is 2. The van der Waals surface area contributed by atoms with Crippen LogP contribution < -0.4 is 10.6 Å². The first-order valence-corrected chi connectivity index (χ1v) is 8.90. The van der Waals surface area contributed by atoms with Crippen molar-refractivity contribution in [1.82, 2.24) is 10.6 Å². The van der Waals surface area contributed by atoms with Gasteiger partial charge in [-0.15, -0.1) is 0 Å². The molecule has 4 aliphatic carbocycles. The van der Waals surface area contributed by atoms with Crippen LogP contribution in [0.25, 0.3) is 0 Å². The summed E-state index contributed by atoms with van der Waals surface area (Å²) < 4.78 is 0. The molecule has 4 aliphatic rings. The van der Waals surface area contributed by atoms with E-state index in [4.69, 9.17) is 0 Å². The highest BCUT2D eigenvalue weighted by atomic mass is 15.0. The van der Waals surface area contributed by atoms with Crippen molar-refractivity contribution in [2.75, 3.05) is 26.2 Å². The average Bonchev–Trinajstić information content (AvgIpc) is 2.30. The van der Waals surface area contributed by atoms with E-state index in [0.29, 0.717) is 10.8 Å². The van der Waals surface area contributed by atoms with Gasteiger partial charge < -0.3 is 10.6 Å². The van der Waals surface area contributed by atoms with Gasteiger partial charge in [-0.3, -0.25) is 0 Å². The zero-order chi connectivity index (χ0) is 14.2. The molecule has 0 aromatic carbocycles. The first kappa shape index (κ1) is 14.8. The summed E-state index contributed by atoms with van der Waals surface area (Å²) >= 11 is 0. The molecule has 0 aromatic rings. The van der Waals surface area contributed by atoms with E-state index in [1.165, 1.54) is 38.6 Å². The van der Waals surface area contributed by atoms with E-state index in [2.05, 4.69) is 31.4 Å². The van der Waals surface area contributed by atoms with Crippen LogP contribution >= 0.6 is 0 Å². The zero-order valence-corrected chi connectivity index (χ0v) is 13.8. The van der Waals surface area contributed by atoms with Crippen LogP contribution in [0, 0.1) is 28.6 Å². The molecule has 0 radical (unpaired) electrons. The molecule has 0 aliphatic heterocycles. The molecule has 2 N–H and O–H groups in total. The summed E-state index contributed by atoms with van der Waals surface area (Å²) in [6.07, 6.45) is 9.14. The normalized spacial score (nSPS) is 42.6. The van der Waals surface area contributed by atoms with Crippen LogP contribution in [0.2, 0.25) is 0 Å². The highest BCUT2D eigenvalue weighted by Crippen LogP contribution is 2.64. The molecule has 20 heavy (non-hydrogen) atoms. The van der Waals surface area contributed by atoms with Crippen LogP contribution in [0.1, 0.15) is 59.3 Å². The molecule has 2 heteroatoms. The topological polar surface area (TPSA) is 24.1 Å². The second kappa shape index (κ2) is 5.61. The van der Waals surface area contributed by atoms with Crippen molar-refractivity contribution >= 4 is 0 Å². The summed E-state index contributed by atoms with van der Waals surface area (Å²) in [7, 11) is 0. The van der Waals surface area contributed by atoms with Crippen LogP contribution in [0.3, 0.4) is 0 Å². The lowest BCUT2D eigenvalue weighted by molar-refractivity contribution is -0.0997. The Hall–Kier alpha value is -0.0800. The van der Waals surface area contributed by atoms with E-state index >= 15 is 0 Å². The van der Waals surface area contributed by atoms with Crippen LogP contribution in [0.5, 0.6) is 0 Å². The summed E-state index contributed by atoms with van der Waals surface area (Å²) in [5, 5.41) is 7.31. The fourth-order valence-corrected chi connectivity index (χ4v) is 6.06. The first-order valence-electron chi connectivity index (χ1n) is 8.90. The van der Waals surface area contributed by atoms with Crippen molar-refractivity contribution in [3.05, 3.63) is 0 Å². The minimum atomic E-state index is 0.664. The molecule has 2 atom stereocenters. The van der Waals surface area contributed by atoms with E-state index in [9.17, 15) is 0 Å². The number of hydrogen-bond acceptors (Lipinski definition) is 2. The van der Waals surface area contributed by atoms with Crippen LogP contribution in [0.4, 0.5) is 0 Å². The fraction of sp³-hybridized carbons (Fsp3) is 1.00. The fourth-order valence-electron chi connectivity index (χ4n) is 6.06. The monoisotopic (exact) mass is 278 g/mol. The predicted molar refractivity (Wildman–Crippen MR) is 85.8 cm³/mol. The van der Waals surface area contributed by atoms with Crippen molar-refractivity contribution in [2.24, 2.45) is 28.6 Å². The predicted octanol–water partition coefficient (Wildman–Crippen LogP) is 3.43. The molecule has 4 rings (SSSR count). The van der Waals surface area contributed by atoms with Crippen molar-refractivity contribution in [2.45, 2.75) is 59.3 Å². The lowest BCUT2D eigenvalue weighted by Gasteiger charge is -2.61. The van der Waals surface area contributed by atoms with Gasteiger partial charge in [0.1, 0.15) is 0 Å². The molecular weight excluding hydrogens is 244 g/mol. The molecule has 2 unspecified atom stereocenters. The van der Waals surface area contributed by atoms with E-state index < -0.39 is 0 Å². The Bertz CT molecular complexity index is 322. The van der Waals surface area contributed by atoms with Gasteiger partial charge in [0, 0.05) is 19.6 Å². The van der Waals surface area contributed by atoms with Gasteiger partial charge in [0.25, 0.3) is 0 Å². The third-order valence-electron chi connectivity index (χ3n) is 6.01. The minimum absolute atomic E-state index is 0.664. The van der Waals surface area contributed by atoms with Gasteiger partial charge >= 0.3 is 0 Å². The van der Waals surface area contributed by atoms with Crippen molar-refractivity contribution in [3.63, 3.8) is 0 Å². The van der Waals surface area contributed by atoms with Gasteiger partial charge in [0.05, 0.1) is 0 Å². The van der Waals surface area contributed by atoms with Crippen LogP contribution in [-0.4, -0.2) is 26.2 Å². The van der Waals surface area contributed by atoms with Crippen LogP contribution in [0.15, 0.2) is 0 Å². The Morgan fingerprint density at radius 1 is 1.00 bits per heavy atom. The first-order chi connectivity index (χ1) is 9.49. The maximum atomic E-state index is 3.77. The highest BCUT2D eigenvalue weighted by Gasteiger charge is 2.55. The molecule has 116 valence electrons. The summed E-state index contributed by atoms with van der Waals surface area (Å²) in [6.45, 7) is 11.8. The Morgan fingerprint density at radius 3 is 2.25 bits per heavy atom. The lowest BCUT2D eigenvalue weighted by Crippen LogP contribution is -2.54. The molecule has 4 fully saturated rings. The highest BCUT2D eigenvalue weighted by molar-refractivity contribution is 5.06. The van der Waals surface area contributed by atoms with Gasteiger partial charge in [0.15, 0.2) is 0 Å². The molecule has 2 nitrogen and oxygen atoms in total. The summed E-state index contributed by atoms with van der Waals surface area (Å²) in [6, 6.07) is 0. The number of nitrogens with one attached hydrogen (secondary N) is 2.